The molecule has 1 aromatic rings. The first kappa shape index (κ1) is 10.8. The molecule has 2 rings (SSSR count). The third-order valence-electron chi connectivity index (χ3n) is 2.73. The number of benzene rings is 1. The van der Waals surface area contributed by atoms with E-state index in [4.69, 9.17) is 16.3 Å². The minimum Gasteiger partial charge on any atom is -0.488 e. The van der Waals surface area contributed by atoms with Crippen LogP contribution < -0.4 is 10.1 Å². The van der Waals surface area contributed by atoms with Crippen molar-refractivity contribution in [2.45, 2.75) is 25.9 Å². The van der Waals surface area contributed by atoms with Gasteiger partial charge in [0, 0.05) is 0 Å². The molecular formula is C12H16ClNO. The zero-order valence-corrected chi connectivity index (χ0v) is 9.68. The van der Waals surface area contributed by atoms with Crippen LogP contribution in [0.3, 0.4) is 0 Å². The zero-order valence-electron chi connectivity index (χ0n) is 8.92. The van der Waals surface area contributed by atoms with E-state index in [1.165, 1.54) is 0 Å². The Labute approximate surface area is 95.6 Å². The number of rotatable bonds is 2. The van der Waals surface area contributed by atoms with Crippen molar-refractivity contribution in [3.05, 3.63) is 28.8 Å². The van der Waals surface area contributed by atoms with Crippen LogP contribution in [0.25, 0.3) is 0 Å². The smallest absolute Gasteiger partial charge is 0.141 e. The number of hydrogen-bond donors (Lipinski definition) is 1. The fourth-order valence-electron chi connectivity index (χ4n) is 1.85. The predicted octanol–water partition coefficient (Wildman–Crippen LogP) is 2.78. The van der Waals surface area contributed by atoms with Crippen molar-refractivity contribution in [2.75, 3.05) is 13.1 Å². The summed E-state index contributed by atoms with van der Waals surface area (Å²) in [6, 6.07) is 5.86. The van der Waals surface area contributed by atoms with Gasteiger partial charge in [-0.3, -0.25) is 0 Å². The van der Waals surface area contributed by atoms with Gasteiger partial charge < -0.3 is 10.1 Å². The summed E-state index contributed by atoms with van der Waals surface area (Å²) in [7, 11) is 0. The Kier molecular flexibility index (Phi) is 3.49. The van der Waals surface area contributed by atoms with Crippen LogP contribution in [0.2, 0.25) is 5.02 Å². The zero-order chi connectivity index (χ0) is 10.7. The SMILES string of the molecule is Cc1cccc(Cl)c1OC1CCNCC1. The Balaban J connectivity index is 2.09. The van der Waals surface area contributed by atoms with Gasteiger partial charge in [-0.2, -0.15) is 0 Å². The lowest BCUT2D eigenvalue weighted by atomic mass is 10.1. The van der Waals surface area contributed by atoms with Gasteiger partial charge >= 0.3 is 0 Å². The second-order valence-corrected chi connectivity index (χ2v) is 4.36. The van der Waals surface area contributed by atoms with Crippen molar-refractivity contribution in [3.8, 4) is 5.75 Å². The van der Waals surface area contributed by atoms with Gasteiger partial charge in [-0.05, 0) is 44.5 Å². The van der Waals surface area contributed by atoms with E-state index in [-0.39, 0.29) is 0 Å². The molecule has 0 unspecified atom stereocenters. The molecule has 0 atom stereocenters. The lowest BCUT2D eigenvalue weighted by molar-refractivity contribution is 0.161. The van der Waals surface area contributed by atoms with E-state index >= 15 is 0 Å². The van der Waals surface area contributed by atoms with Crippen LogP contribution in [0.4, 0.5) is 0 Å². The van der Waals surface area contributed by atoms with Crippen LogP contribution >= 0.6 is 11.6 Å². The third-order valence-corrected chi connectivity index (χ3v) is 3.03. The summed E-state index contributed by atoms with van der Waals surface area (Å²) in [4.78, 5) is 0. The molecule has 1 aromatic carbocycles. The number of hydrogen-bond acceptors (Lipinski definition) is 2. The number of aryl methyl sites for hydroxylation is 1. The summed E-state index contributed by atoms with van der Waals surface area (Å²) in [5.41, 5.74) is 1.11. The Bertz CT molecular complexity index is 314. The van der Waals surface area contributed by atoms with E-state index in [1.54, 1.807) is 0 Å². The number of para-hydroxylation sites is 1. The topological polar surface area (TPSA) is 21.3 Å². The Hall–Kier alpha value is -0.730. The molecule has 15 heavy (non-hydrogen) atoms. The number of halogens is 1. The average Bonchev–Trinajstić information content (AvgIpc) is 2.25. The molecule has 0 amide bonds. The molecule has 0 aromatic heterocycles. The summed E-state index contributed by atoms with van der Waals surface area (Å²) in [6.07, 6.45) is 2.43. The highest BCUT2D eigenvalue weighted by Gasteiger charge is 2.16. The highest BCUT2D eigenvalue weighted by atomic mass is 35.5. The van der Waals surface area contributed by atoms with E-state index < -0.39 is 0 Å². The fourth-order valence-corrected chi connectivity index (χ4v) is 2.11. The summed E-state index contributed by atoms with van der Waals surface area (Å²) in [5, 5.41) is 4.03. The average molecular weight is 226 g/mol. The second kappa shape index (κ2) is 4.86. The number of nitrogens with one attached hydrogen (secondary N) is 1. The van der Waals surface area contributed by atoms with Gasteiger partial charge in [-0.15, -0.1) is 0 Å². The van der Waals surface area contributed by atoms with Gasteiger partial charge in [0.25, 0.3) is 0 Å². The summed E-state index contributed by atoms with van der Waals surface area (Å²) < 4.78 is 5.94. The first-order chi connectivity index (χ1) is 7.27. The predicted molar refractivity (Wildman–Crippen MR) is 62.7 cm³/mol. The minimum atomic E-state index is 0.310. The first-order valence-corrected chi connectivity index (χ1v) is 5.77. The van der Waals surface area contributed by atoms with E-state index in [2.05, 4.69) is 5.32 Å². The van der Waals surface area contributed by atoms with Gasteiger partial charge in [-0.25, -0.2) is 0 Å². The lowest BCUT2D eigenvalue weighted by Crippen LogP contribution is -2.34. The Morgan fingerprint density at radius 3 is 2.73 bits per heavy atom. The Morgan fingerprint density at radius 1 is 1.33 bits per heavy atom. The van der Waals surface area contributed by atoms with Gasteiger partial charge in [0.05, 0.1) is 5.02 Å². The van der Waals surface area contributed by atoms with E-state index in [1.807, 2.05) is 25.1 Å². The second-order valence-electron chi connectivity index (χ2n) is 3.95. The first-order valence-electron chi connectivity index (χ1n) is 5.40. The van der Waals surface area contributed by atoms with Crippen molar-refractivity contribution in [2.24, 2.45) is 0 Å². The maximum absolute atomic E-state index is 6.11. The monoisotopic (exact) mass is 225 g/mol. The van der Waals surface area contributed by atoms with Crippen molar-refractivity contribution < 1.29 is 4.74 Å². The largest absolute Gasteiger partial charge is 0.488 e. The van der Waals surface area contributed by atoms with Crippen molar-refractivity contribution in [1.29, 1.82) is 0 Å². The third kappa shape index (κ3) is 2.64. The molecule has 0 spiro atoms. The summed E-state index contributed by atoms with van der Waals surface area (Å²) in [6.45, 7) is 4.10. The van der Waals surface area contributed by atoms with Crippen molar-refractivity contribution in [3.63, 3.8) is 0 Å². The van der Waals surface area contributed by atoms with Crippen LogP contribution in [-0.2, 0) is 0 Å². The normalized spacial score (nSPS) is 17.7. The van der Waals surface area contributed by atoms with E-state index in [0.29, 0.717) is 11.1 Å². The van der Waals surface area contributed by atoms with Crippen LogP contribution in [-0.4, -0.2) is 19.2 Å². The van der Waals surface area contributed by atoms with Crippen LogP contribution in [0, 0.1) is 6.92 Å². The van der Waals surface area contributed by atoms with Gasteiger partial charge in [0.15, 0.2) is 0 Å². The molecule has 2 nitrogen and oxygen atoms in total. The quantitative estimate of drug-likeness (QED) is 0.836. The molecule has 0 bridgehead atoms. The summed E-state index contributed by atoms with van der Waals surface area (Å²) >= 11 is 6.11. The molecule has 82 valence electrons. The van der Waals surface area contributed by atoms with Crippen molar-refractivity contribution in [1.82, 2.24) is 5.32 Å². The highest BCUT2D eigenvalue weighted by molar-refractivity contribution is 6.32. The van der Waals surface area contributed by atoms with Crippen LogP contribution in [0.15, 0.2) is 18.2 Å². The van der Waals surface area contributed by atoms with Crippen molar-refractivity contribution >= 4 is 11.6 Å². The van der Waals surface area contributed by atoms with Crippen LogP contribution in [0.5, 0.6) is 5.75 Å². The minimum absolute atomic E-state index is 0.310. The van der Waals surface area contributed by atoms with Gasteiger partial charge in [0.2, 0.25) is 0 Å². The molecule has 1 heterocycles. The van der Waals surface area contributed by atoms with Gasteiger partial charge in [-0.1, -0.05) is 23.7 Å². The highest BCUT2D eigenvalue weighted by Crippen LogP contribution is 2.29. The van der Waals surface area contributed by atoms with E-state index in [9.17, 15) is 0 Å². The van der Waals surface area contributed by atoms with E-state index in [0.717, 1.165) is 37.2 Å². The standard InChI is InChI=1S/C12H16ClNO/c1-9-3-2-4-11(13)12(9)15-10-5-7-14-8-6-10/h2-4,10,14H,5-8H2,1H3. The summed E-state index contributed by atoms with van der Waals surface area (Å²) in [5.74, 6) is 0.853. The Morgan fingerprint density at radius 2 is 2.07 bits per heavy atom. The molecule has 0 radical (unpaired) electrons. The fraction of sp³-hybridized carbons (Fsp3) is 0.500. The molecule has 0 saturated carbocycles. The molecule has 1 N–H and O–H groups in total. The molecular weight excluding hydrogens is 210 g/mol. The molecule has 0 aliphatic carbocycles. The number of ether oxygens (including phenoxy) is 1. The lowest BCUT2D eigenvalue weighted by Gasteiger charge is -2.25. The molecule has 1 aliphatic rings. The molecule has 1 fully saturated rings. The van der Waals surface area contributed by atoms with Gasteiger partial charge in [0.1, 0.15) is 11.9 Å². The maximum Gasteiger partial charge on any atom is 0.141 e. The molecule has 1 saturated heterocycles. The molecule has 3 heteroatoms. The maximum atomic E-state index is 6.11. The van der Waals surface area contributed by atoms with Crippen LogP contribution in [0.1, 0.15) is 18.4 Å². The number of piperidine rings is 1. The molecule has 1 aliphatic heterocycles.